The Labute approximate surface area is 145 Å². The molecule has 2 heterocycles. The van der Waals surface area contributed by atoms with E-state index in [2.05, 4.69) is 71.5 Å². The maximum absolute atomic E-state index is 4.83. The van der Waals surface area contributed by atoms with Crippen LogP contribution in [-0.2, 0) is 6.54 Å². The first-order chi connectivity index (χ1) is 11.8. The van der Waals surface area contributed by atoms with Crippen LogP contribution in [0.15, 0.2) is 79.1 Å². The second-order valence-electron chi connectivity index (χ2n) is 5.76. The van der Waals surface area contributed by atoms with Crippen LogP contribution in [0, 0.1) is 6.92 Å². The van der Waals surface area contributed by atoms with Crippen LogP contribution in [0.3, 0.4) is 0 Å². The van der Waals surface area contributed by atoms with Crippen LogP contribution in [0.5, 0.6) is 0 Å². The van der Waals surface area contributed by atoms with Gasteiger partial charge in [-0.1, -0.05) is 64.0 Å². The fraction of sp³-hybridized carbons (Fsp3) is 0.100. The highest BCUT2D eigenvalue weighted by molar-refractivity contribution is 7.22. The summed E-state index contributed by atoms with van der Waals surface area (Å²) in [5.41, 5.74) is 3.58. The lowest BCUT2D eigenvalue weighted by atomic mass is 10.1. The van der Waals surface area contributed by atoms with Crippen molar-refractivity contribution in [3.63, 3.8) is 0 Å². The molecule has 0 aliphatic heterocycles. The Kier molecular flexibility index (Phi) is 3.97. The van der Waals surface area contributed by atoms with E-state index in [0.717, 1.165) is 17.2 Å². The van der Waals surface area contributed by atoms with E-state index >= 15 is 0 Å². The Hall–Kier alpha value is -2.72. The van der Waals surface area contributed by atoms with Crippen molar-refractivity contribution >= 4 is 26.7 Å². The van der Waals surface area contributed by atoms with E-state index in [-0.39, 0.29) is 0 Å². The van der Waals surface area contributed by atoms with Crippen LogP contribution in [0.4, 0.5) is 5.13 Å². The lowest BCUT2D eigenvalue weighted by Crippen LogP contribution is -2.53. The van der Waals surface area contributed by atoms with Gasteiger partial charge in [0, 0.05) is 12.1 Å². The molecule has 0 unspecified atom stereocenters. The Balaban J connectivity index is 1.76. The molecule has 0 saturated carbocycles. The fourth-order valence-corrected chi connectivity index (χ4v) is 3.61. The van der Waals surface area contributed by atoms with Crippen molar-refractivity contribution in [2.24, 2.45) is 0 Å². The van der Waals surface area contributed by atoms with E-state index in [1.165, 1.54) is 15.8 Å². The minimum Gasteiger partial charge on any atom is -0.215 e. The first-order valence-electron chi connectivity index (χ1n) is 7.95. The smallest absolute Gasteiger partial charge is 0.215 e. The van der Waals surface area contributed by atoms with E-state index < -0.39 is 0 Å². The number of fused-ring (bicyclic) bond motifs is 1. The number of hydrogen-bond acceptors (Lipinski definition) is 3. The van der Waals surface area contributed by atoms with Gasteiger partial charge in [-0.15, -0.1) is 5.01 Å². The van der Waals surface area contributed by atoms with Crippen molar-refractivity contribution < 1.29 is 4.68 Å². The van der Waals surface area contributed by atoms with Gasteiger partial charge in [0.25, 0.3) is 0 Å². The summed E-state index contributed by atoms with van der Waals surface area (Å²) in [5, 5.41) is 3.20. The highest BCUT2D eigenvalue weighted by atomic mass is 32.1. The number of rotatable bonds is 4. The number of aromatic nitrogens is 2. The SMILES string of the molecule is Cc1ccc(CN(c2nc3ccccc3s2)[n+]2ccccc2)cc1. The first-order valence-corrected chi connectivity index (χ1v) is 8.76. The van der Waals surface area contributed by atoms with Gasteiger partial charge in [-0.25, -0.2) is 4.98 Å². The monoisotopic (exact) mass is 332 g/mol. The summed E-state index contributed by atoms with van der Waals surface area (Å²) < 4.78 is 3.30. The number of benzene rings is 2. The number of para-hydroxylation sites is 1. The molecule has 0 aliphatic carbocycles. The summed E-state index contributed by atoms with van der Waals surface area (Å²) in [4.78, 5) is 4.83. The molecule has 0 atom stereocenters. The predicted molar refractivity (Wildman–Crippen MR) is 99.0 cm³/mol. The molecule has 0 spiro atoms. The Morgan fingerprint density at radius 1 is 0.917 bits per heavy atom. The highest BCUT2D eigenvalue weighted by Crippen LogP contribution is 2.28. The van der Waals surface area contributed by atoms with Crippen molar-refractivity contribution in [1.82, 2.24) is 4.98 Å². The van der Waals surface area contributed by atoms with Crippen molar-refractivity contribution in [3.05, 3.63) is 90.3 Å². The molecule has 0 fully saturated rings. The molecule has 2 aromatic heterocycles. The van der Waals surface area contributed by atoms with Crippen LogP contribution in [0.25, 0.3) is 10.2 Å². The van der Waals surface area contributed by atoms with E-state index in [1.807, 2.05) is 24.3 Å². The molecular formula is C20H18N3S+. The number of anilines is 1. The number of hydrogen-bond donors (Lipinski definition) is 0. The molecule has 4 heteroatoms. The summed E-state index contributed by atoms with van der Waals surface area (Å²) in [5.74, 6) is 0. The minimum atomic E-state index is 0.773. The third-order valence-corrected chi connectivity index (χ3v) is 4.98. The standard InChI is InChI=1S/C20H18N3S/c1-16-9-11-17(12-10-16)15-23(22-13-5-2-6-14-22)20-21-18-7-3-4-8-19(18)24-20/h2-14H,15H2,1H3/q+1. The zero-order chi connectivity index (χ0) is 16.4. The first kappa shape index (κ1) is 14.8. The van der Waals surface area contributed by atoms with Crippen molar-refractivity contribution in [1.29, 1.82) is 0 Å². The van der Waals surface area contributed by atoms with Gasteiger partial charge in [0.05, 0.1) is 10.2 Å². The zero-order valence-corrected chi connectivity index (χ0v) is 14.3. The second-order valence-corrected chi connectivity index (χ2v) is 6.77. The Morgan fingerprint density at radius 3 is 2.42 bits per heavy atom. The number of nitrogens with zero attached hydrogens (tertiary/aromatic N) is 3. The van der Waals surface area contributed by atoms with Crippen LogP contribution >= 0.6 is 11.3 Å². The minimum absolute atomic E-state index is 0.773. The van der Waals surface area contributed by atoms with Crippen molar-refractivity contribution in [2.75, 3.05) is 5.01 Å². The highest BCUT2D eigenvalue weighted by Gasteiger charge is 2.20. The fourth-order valence-electron chi connectivity index (χ4n) is 2.64. The molecule has 0 saturated heterocycles. The average Bonchev–Trinajstić information content (AvgIpc) is 3.06. The van der Waals surface area contributed by atoms with Crippen LogP contribution in [-0.4, -0.2) is 4.98 Å². The number of pyridine rings is 1. The second kappa shape index (κ2) is 6.42. The van der Waals surface area contributed by atoms with E-state index in [4.69, 9.17) is 4.98 Å². The topological polar surface area (TPSA) is 20.0 Å². The molecule has 0 bridgehead atoms. The van der Waals surface area contributed by atoms with Gasteiger partial charge in [-0.05, 0) is 24.6 Å². The molecule has 24 heavy (non-hydrogen) atoms. The third-order valence-electron chi connectivity index (χ3n) is 3.93. The third kappa shape index (κ3) is 3.01. The molecule has 2 aromatic carbocycles. The lowest BCUT2D eigenvalue weighted by Gasteiger charge is -2.14. The number of thiazole rings is 1. The van der Waals surface area contributed by atoms with Gasteiger partial charge in [-0.2, -0.15) is 0 Å². The molecular weight excluding hydrogens is 314 g/mol. The van der Waals surface area contributed by atoms with Crippen molar-refractivity contribution in [2.45, 2.75) is 13.5 Å². The van der Waals surface area contributed by atoms with E-state index in [1.54, 1.807) is 11.3 Å². The lowest BCUT2D eigenvalue weighted by molar-refractivity contribution is -0.686. The predicted octanol–water partition coefficient (Wildman–Crippen LogP) is 4.36. The molecule has 3 nitrogen and oxygen atoms in total. The largest absolute Gasteiger partial charge is 0.245 e. The summed E-state index contributed by atoms with van der Waals surface area (Å²) in [6.07, 6.45) is 4.11. The maximum Gasteiger partial charge on any atom is 0.245 e. The van der Waals surface area contributed by atoms with Gasteiger partial charge >= 0.3 is 0 Å². The van der Waals surface area contributed by atoms with Gasteiger partial charge < -0.3 is 0 Å². The quantitative estimate of drug-likeness (QED) is 0.517. The van der Waals surface area contributed by atoms with E-state index in [9.17, 15) is 0 Å². The Bertz CT molecular complexity index is 912. The van der Waals surface area contributed by atoms with Gasteiger partial charge in [0.1, 0.15) is 6.54 Å². The normalized spacial score (nSPS) is 10.9. The van der Waals surface area contributed by atoms with Crippen molar-refractivity contribution in [3.8, 4) is 0 Å². The molecule has 0 amide bonds. The molecule has 0 radical (unpaired) electrons. The van der Waals surface area contributed by atoms with Gasteiger partial charge in [0.15, 0.2) is 12.4 Å². The Morgan fingerprint density at radius 2 is 1.67 bits per heavy atom. The van der Waals surface area contributed by atoms with E-state index in [0.29, 0.717) is 0 Å². The van der Waals surface area contributed by atoms with Crippen LogP contribution in [0.1, 0.15) is 11.1 Å². The molecule has 4 rings (SSSR count). The van der Waals surface area contributed by atoms with Gasteiger partial charge in [0.2, 0.25) is 5.13 Å². The summed E-state index contributed by atoms with van der Waals surface area (Å²) in [7, 11) is 0. The molecule has 0 N–H and O–H groups in total. The molecule has 4 aromatic rings. The molecule has 118 valence electrons. The summed E-state index contributed by atoms with van der Waals surface area (Å²) in [6.45, 7) is 2.88. The summed E-state index contributed by atoms with van der Waals surface area (Å²) in [6, 6.07) is 23.0. The van der Waals surface area contributed by atoms with Gasteiger partial charge in [-0.3, -0.25) is 0 Å². The number of aryl methyl sites for hydroxylation is 1. The molecule has 0 aliphatic rings. The van der Waals surface area contributed by atoms with Crippen LogP contribution < -0.4 is 9.69 Å². The summed E-state index contributed by atoms with van der Waals surface area (Å²) >= 11 is 1.72. The zero-order valence-electron chi connectivity index (χ0n) is 13.5. The van der Waals surface area contributed by atoms with Crippen LogP contribution in [0.2, 0.25) is 0 Å². The maximum atomic E-state index is 4.83. The average molecular weight is 332 g/mol.